The van der Waals surface area contributed by atoms with Crippen molar-refractivity contribution in [2.75, 3.05) is 17.7 Å². The number of aryl methyl sites for hydroxylation is 1. The minimum atomic E-state index is -0.581. The molecule has 0 atom stereocenters. The summed E-state index contributed by atoms with van der Waals surface area (Å²) in [6.07, 6.45) is 1.45. The van der Waals surface area contributed by atoms with Gasteiger partial charge in [-0.05, 0) is 61.0 Å². The highest BCUT2D eigenvalue weighted by Crippen LogP contribution is 2.27. The van der Waals surface area contributed by atoms with E-state index in [0.29, 0.717) is 33.3 Å². The lowest BCUT2D eigenvalue weighted by atomic mass is 10.1. The zero-order chi connectivity index (χ0) is 23.1. The Morgan fingerprint density at radius 3 is 2.38 bits per heavy atom. The maximum Gasteiger partial charge on any atom is 0.266 e. The molecule has 0 saturated carbocycles. The van der Waals surface area contributed by atoms with Crippen LogP contribution in [0.1, 0.15) is 21.5 Å². The Morgan fingerprint density at radius 2 is 1.72 bits per heavy atom. The monoisotopic (exact) mass is 445 g/mol. The summed E-state index contributed by atoms with van der Waals surface area (Å²) in [7, 11) is 1.49. The van der Waals surface area contributed by atoms with E-state index in [-0.39, 0.29) is 11.5 Å². The molecule has 0 aliphatic heterocycles. The Morgan fingerprint density at radius 1 is 1.00 bits per heavy atom. The van der Waals surface area contributed by atoms with Crippen LogP contribution in [-0.4, -0.2) is 18.9 Å². The van der Waals surface area contributed by atoms with Crippen molar-refractivity contribution in [3.63, 3.8) is 0 Å². The number of anilines is 2. The van der Waals surface area contributed by atoms with Gasteiger partial charge in [-0.3, -0.25) is 9.59 Å². The number of nitrogens with one attached hydrogen (secondary N) is 2. The maximum atomic E-state index is 12.5. The summed E-state index contributed by atoms with van der Waals surface area (Å²) in [5, 5.41) is 15.3. The number of carbonyl (C=O) groups excluding carboxylic acids is 2. The van der Waals surface area contributed by atoms with Crippen LogP contribution in [0.5, 0.6) is 5.75 Å². The van der Waals surface area contributed by atoms with Gasteiger partial charge in [0.15, 0.2) is 0 Å². The molecule has 0 aliphatic carbocycles. The fourth-order valence-corrected chi connectivity index (χ4v) is 3.13. The van der Waals surface area contributed by atoms with Gasteiger partial charge < -0.3 is 15.4 Å². The molecular weight excluding hydrogens is 426 g/mol. The number of benzene rings is 3. The van der Waals surface area contributed by atoms with E-state index in [1.807, 2.05) is 25.1 Å². The second-order valence-corrected chi connectivity index (χ2v) is 7.33. The number of ether oxygens (including phenoxy) is 1. The minimum Gasteiger partial charge on any atom is -0.495 e. The van der Waals surface area contributed by atoms with Crippen molar-refractivity contribution in [2.24, 2.45) is 0 Å². The molecule has 3 aromatic rings. The first-order valence-electron chi connectivity index (χ1n) is 9.64. The molecule has 6 nitrogen and oxygen atoms in total. The van der Waals surface area contributed by atoms with Crippen LogP contribution in [0.15, 0.2) is 72.3 Å². The van der Waals surface area contributed by atoms with Gasteiger partial charge in [0.2, 0.25) is 0 Å². The van der Waals surface area contributed by atoms with E-state index in [1.54, 1.807) is 48.5 Å². The van der Waals surface area contributed by atoms with Crippen LogP contribution in [0.25, 0.3) is 6.08 Å². The van der Waals surface area contributed by atoms with Gasteiger partial charge in [-0.2, -0.15) is 5.26 Å². The molecule has 2 N–H and O–H groups in total. The Hall–Kier alpha value is -4.08. The fraction of sp³-hybridized carbons (Fsp3) is 0.0800. The Labute approximate surface area is 191 Å². The smallest absolute Gasteiger partial charge is 0.266 e. The maximum absolute atomic E-state index is 12.5. The minimum absolute atomic E-state index is 0.0982. The van der Waals surface area contributed by atoms with Crippen molar-refractivity contribution in [3.8, 4) is 11.8 Å². The summed E-state index contributed by atoms with van der Waals surface area (Å²) < 4.78 is 5.09. The molecule has 0 aliphatic rings. The van der Waals surface area contributed by atoms with Crippen molar-refractivity contribution in [1.29, 1.82) is 5.26 Å². The molecule has 3 aromatic carbocycles. The number of nitrogens with zero attached hydrogens (tertiary/aromatic N) is 1. The summed E-state index contributed by atoms with van der Waals surface area (Å²) in [4.78, 5) is 25.0. The van der Waals surface area contributed by atoms with Gasteiger partial charge in [0, 0.05) is 16.9 Å². The van der Waals surface area contributed by atoms with Crippen LogP contribution >= 0.6 is 11.6 Å². The predicted molar refractivity (Wildman–Crippen MR) is 126 cm³/mol. The largest absolute Gasteiger partial charge is 0.495 e. The molecule has 0 radical (unpaired) electrons. The van der Waals surface area contributed by atoms with Gasteiger partial charge in [0.05, 0.1) is 12.1 Å². The molecule has 2 amide bonds. The summed E-state index contributed by atoms with van der Waals surface area (Å²) in [6, 6.07) is 20.8. The van der Waals surface area contributed by atoms with Crippen LogP contribution in [-0.2, 0) is 4.79 Å². The Bertz CT molecular complexity index is 1230. The zero-order valence-corrected chi connectivity index (χ0v) is 18.2. The van der Waals surface area contributed by atoms with E-state index in [9.17, 15) is 14.9 Å². The van der Waals surface area contributed by atoms with Gasteiger partial charge >= 0.3 is 0 Å². The van der Waals surface area contributed by atoms with Crippen LogP contribution in [0.2, 0.25) is 5.02 Å². The molecule has 3 rings (SSSR count). The SMILES string of the molecule is COc1ccc(NC(=O)/C(C#N)=C/c2cccc(NC(=O)c3ccc(C)cc3)c2)cc1Cl. The van der Waals surface area contributed by atoms with E-state index in [4.69, 9.17) is 16.3 Å². The van der Waals surface area contributed by atoms with Crippen molar-refractivity contribution in [2.45, 2.75) is 6.92 Å². The van der Waals surface area contributed by atoms with Crippen molar-refractivity contribution >= 4 is 40.9 Å². The van der Waals surface area contributed by atoms with E-state index in [0.717, 1.165) is 5.56 Å². The summed E-state index contributed by atoms with van der Waals surface area (Å²) in [6.45, 7) is 1.95. The van der Waals surface area contributed by atoms with Gasteiger partial charge in [0.1, 0.15) is 17.4 Å². The van der Waals surface area contributed by atoms with Crippen LogP contribution < -0.4 is 15.4 Å². The Kier molecular flexibility index (Phi) is 7.27. The second-order valence-electron chi connectivity index (χ2n) is 6.92. The summed E-state index contributed by atoms with van der Waals surface area (Å²) in [5.41, 5.74) is 3.06. The predicted octanol–water partition coefficient (Wildman–Crippen LogP) is 5.46. The number of carbonyl (C=O) groups is 2. The molecule has 0 fully saturated rings. The van der Waals surface area contributed by atoms with E-state index >= 15 is 0 Å². The summed E-state index contributed by atoms with van der Waals surface area (Å²) >= 11 is 6.08. The standard InChI is InChI=1S/C25H20ClN3O3/c1-16-6-8-18(9-7-16)24(30)28-20-5-3-4-17(13-20)12-19(15-27)25(31)29-21-10-11-23(32-2)22(26)14-21/h3-14H,1-2H3,(H,28,30)(H,29,31)/b19-12+. The third kappa shape index (κ3) is 5.75. The number of hydrogen-bond acceptors (Lipinski definition) is 4. The first-order valence-corrected chi connectivity index (χ1v) is 10.0. The van der Waals surface area contributed by atoms with E-state index in [2.05, 4.69) is 10.6 Å². The zero-order valence-electron chi connectivity index (χ0n) is 17.5. The summed E-state index contributed by atoms with van der Waals surface area (Å²) in [5.74, 6) is -0.353. The molecule has 7 heteroatoms. The van der Waals surface area contributed by atoms with Crippen LogP contribution in [0.4, 0.5) is 11.4 Å². The highest BCUT2D eigenvalue weighted by Gasteiger charge is 2.12. The van der Waals surface area contributed by atoms with Gasteiger partial charge in [-0.1, -0.05) is 41.4 Å². The average Bonchev–Trinajstić information content (AvgIpc) is 2.78. The molecule has 32 heavy (non-hydrogen) atoms. The molecule has 0 saturated heterocycles. The number of hydrogen-bond donors (Lipinski definition) is 2. The molecule has 0 bridgehead atoms. The first kappa shape index (κ1) is 22.6. The van der Waals surface area contributed by atoms with E-state index in [1.165, 1.54) is 19.3 Å². The molecule has 0 unspecified atom stereocenters. The molecule has 0 spiro atoms. The van der Waals surface area contributed by atoms with Gasteiger partial charge in [-0.25, -0.2) is 0 Å². The lowest BCUT2D eigenvalue weighted by Gasteiger charge is -2.08. The molecule has 0 heterocycles. The van der Waals surface area contributed by atoms with Gasteiger partial charge in [-0.15, -0.1) is 0 Å². The molecular formula is C25H20ClN3O3. The first-order chi connectivity index (χ1) is 15.4. The van der Waals surface area contributed by atoms with Crippen LogP contribution in [0.3, 0.4) is 0 Å². The lowest BCUT2D eigenvalue weighted by Crippen LogP contribution is -2.13. The number of amides is 2. The van der Waals surface area contributed by atoms with Crippen molar-refractivity contribution in [3.05, 3.63) is 94.0 Å². The second kappa shape index (κ2) is 10.3. The van der Waals surface area contributed by atoms with Crippen LogP contribution in [0, 0.1) is 18.3 Å². The third-order valence-corrected chi connectivity index (χ3v) is 4.84. The van der Waals surface area contributed by atoms with Crippen molar-refractivity contribution < 1.29 is 14.3 Å². The number of nitriles is 1. The quantitative estimate of drug-likeness (QED) is 0.389. The molecule has 0 aromatic heterocycles. The van der Waals surface area contributed by atoms with Gasteiger partial charge in [0.25, 0.3) is 11.8 Å². The van der Waals surface area contributed by atoms with E-state index < -0.39 is 5.91 Å². The van der Waals surface area contributed by atoms with Crippen molar-refractivity contribution in [1.82, 2.24) is 0 Å². The third-order valence-electron chi connectivity index (χ3n) is 4.54. The highest BCUT2D eigenvalue weighted by molar-refractivity contribution is 6.32. The Balaban J connectivity index is 1.75. The highest BCUT2D eigenvalue weighted by atomic mass is 35.5. The molecule has 160 valence electrons. The number of methoxy groups -OCH3 is 1. The lowest BCUT2D eigenvalue weighted by molar-refractivity contribution is -0.112. The number of halogens is 1. The number of rotatable bonds is 6. The fourth-order valence-electron chi connectivity index (χ4n) is 2.87. The average molecular weight is 446 g/mol. The topological polar surface area (TPSA) is 91.2 Å². The normalized spacial score (nSPS) is 10.8.